The number of carbonyl (C=O) groups excluding carboxylic acids is 2. The normalized spacial score (nSPS) is 24.6. The zero-order valence-corrected chi connectivity index (χ0v) is 20.7. The van der Waals surface area contributed by atoms with Crippen molar-refractivity contribution in [1.82, 2.24) is 15.5 Å². The van der Waals surface area contributed by atoms with Crippen LogP contribution in [0.4, 0.5) is 5.69 Å². The molecule has 2 N–H and O–H groups in total. The molecule has 6 rings (SSSR count). The first-order valence-corrected chi connectivity index (χ1v) is 12.9. The van der Waals surface area contributed by atoms with Gasteiger partial charge in [0, 0.05) is 31.1 Å². The molecule has 188 valence electrons. The second kappa shape index (κ2) is 9.24. The van der Waals surface area contributed by atoms with Gasteiger partial charge >= 0.3 is 0 Å². The van der Waals surface area contributed by atoms with Crippen LogP contribution in [-0.2, 0) is 16.0 Å². The van der Waals surface area contributed by atoms with Gasteiger partial charge in [-0.1, -0.05) is 24.3 Å². The highest BCUT2D eigenvalue weighted by Gasteiger charge is 2.50. The van der Waals surface area contributed by atoms with Gasteiger partial charge in [-0.15, -0.1) is 0 Å². The fourth-order valence-corrected chi connectivity index (χ4v) is 6.46. The van der Waals surface area contributed by atoms with Crippen molar-refractivity contribution in [2.45, 2.75) is 49.6 Å². The molecule has 3 aliphatic heterocycles. The minimum absolute atomic E-state index is 0.0194. The Hall–Kier alpha value is -3.39. The van der Waals surface area contributed by atoms with E-state index < -0.39 is 5.54 Å². The Morgan fingerprint density at radius 1 is 1.19 bits per heavy atom. The number of benzene rings is 2. The molecule has 1 spiro atoms. The lowest BCUT2D eigenvalue weighted by molar-refractivity contribution is -0.125. The van der Waals surface area contributed by atoms with Gasteiger partial charge in [-0.05, 0) is 61.1 Å². The van der Waals surface area contributed by atoms with E-state index in [2.05, 4.69) is 44.7 Å². The van der Waals surface area contributed by atoms with Crippen molar-refractivity contribution >= 4 is 23.3 Å². The summed E-state index contributed by atoms with van der Waals surface area (Å²) in [6.07, 6.45) is 4.16. The average molecular weight is 488 g/mol. The molecule has 2 amide bonds. The minimum Gasteiger partial charge on any atom is -0.497 e. The molecule has 2 fully saturated rings. The lowest BCUT2D eigenvalue weighted by atomic mass is 9.79. The van der Waals surface area contributed by atoms with E-state index in [1.54, 1.807) is 7.11 Å². The number of rotatable bonds is 4. The topological polar surface area (TPSA) is 86.3 Å². The molecule has 8 nitrogen and oxygen atoms in total. The Morgan fingerprint density at radius 3 is 2.78 bits per heavy atom. The highest BCUT2D eigenvalue weighted by atomic mass is 16.5. The van der Waals surface area contributed by atoms with Crippen molar-refractivity contribution in [2.24, 2.45) is 4.99 Å². The quantitative estimate of drug-likeness (QED) is 0.692. The van der Waals surface area contributed by atoms with Crippen LogP contribution in [-0.4, -0.2) is 67.5 Å². The third kappa shape index (κ3) is 4.03. The molecule has 3 heterocycles. The van der Waals surface area contributed by atoms with E-state index in [-0.39, 0.29) is 17.9 Å². The number of ether oxygens (including phenoxy) is 1. The molecular weight excluding hydrogens is 454 g/mol. The Bertz CT molecular complexity index is 1190. The average Bonchev–Trinajstić information content (AvgIpc) is 3.46. The third-order valence-electron chi connectivity index (χ3n) is 8.40. The molecule has 8 heteroatoms. The number of amidine groups is 1. The Balaban J connectivity index is 1.05. The summed E-state index contributed by atoms with van der Waals surface area (Å²) in [4.78, 5) is 35.0. The summed E-state index contributed by atoms with van der Waals surface area (Å²) in [5, 5.41) is 6.13. The van der Waals surface area contributed by atoms with Crippen molar-refractivity contribution in [3.05, 3.63) is 59.7 Å². The van der Waals surface area contributed by atoms with Crippen LogP contribution in [0.3, 0.4) is 0 Å². The standard InChI is InChI=1S/C28H33N5O3/c1-36-21-8-9-22-19(15-21)7-10-24-23(22)16-25(30-24)31-26(34)17-32-13-11-28(12-14-32)27(35)29-18-33(28)20-5-3-2-4-6-20/h2-6,8-9,15,23-24H,7,10-14,16-18H2,1H3,(H,29,35)(H,30,31,34). The van der Waals surface area contributed by atoms with Crippen molar-refractivity contribution in [3.63, 3.8) is 0 Å². The van der Waals surface area contributed by atoms with Crippen LogP contribution < -0.4 is 20.3 Å². The molecule has 1 aliphatic carbocycles. The smallest absolute Gasteiger partial charge is 0.247 e. The molecule has 2 unspecified atom stereocenters. The van der Waals surface area contributed by atoms with Crippen LogP contribution in [0.25, 0.3) is 0 Å². The number of para-hydroxylation sites is 1. The SMILES string of the molecule is COc1ccc2c(c1)CCC1N=C(NC(=O)CN3CCC4(CC3)C(=O)NCN4c3ccccc3)CC21. The largest absolute Gasteiger partial charge is 0.497 e. The molecule has 2 atom stereocenters. The zero-order chi connectivity index (χ0) is 24.7. The number of aliphatic imine (C=N–C) groups is 1. The van der Waals surface area contributed by atoms with E-state index in [1.807, 2.05) is 24.3 Å². The van der Waals surface area contributed by atoms with E-state index in [1.165, 1.54) is 11.1 Å². The van der Waals surface area contributed by atoms with Crippen molar-refractivity contribution in [3.8, 4) is 5.75 Å². The number of methoxy groups -OCH3 is 1. The van der Waals surface area contributed by atoms with Gasteiger partial charge in [0.15, 0.2) is 0 Å². The van der Waals surface area contributed by atoms with Gasteiger partial charge in [-0.25, -0.2) is 0 Å². The van der Waals surface area contributed by atoms with Crippen molar-refractivity contribution in [1.29, 1.82) is 0 Å². The zero-order valence-electron chi connectivity index (χ0n) is 20.7. The summed E-state index contributed by atoms with van der Waals surface area (Å²) in [6, 6.07) is 16.6. The van der Waals surface area contributed by atoms with E-state index in [0.29, 0.717) is 45.1 Å². The van der Waals surface area contributed by atoms with E-state index in [9.17, 15) is 9.59 Å². The van der Waals surface area contributed by atoms with Gasteiger partial charge in [-0.3, -0.25) is 19.5 Å². The summed E-state index contributed by atoms with van der Waals surface area (Å²) in [5.74, 6) is 2.10. The maximum absolute atomic E-state index is 12.9. The second-order valence-electron chi connectivity index (χ2n) is 10.3. The fraction of sp³-hybridized carbons (Fsp3) is 0.464. The molecule has 0 saturated carbocycles. The molecule has 2 aromatic rings. The Kier molecular flexibility index (Phi) is 5.91. The first-order valence-electron chi connectivity index (χ1n) is 12.9. The first-order chi connectivity index (χ1) is 17.6. The second-order valence-corrected chi connectivity index (χ2v) is 10.3. The van der Waals surface area contributed by atoms with Crippen LogP contribution in [0, 0.1) is 0 Å². The van der Waals surface area contributed by atoms with Crippen LogP contribution in [0.15, 0.2) is 53.5 Å². The molecule has 4 aliphatic rings. The van der Waals surface area contributed by atoms with Crippen molar-refractivity contribution in [2.75, 3.05) is 38.3 Å². The maximum atomic E-state index is 12.9. The highest BCUT2D eigenvalue weighted by molar-refractivity contribution is 6.00. The summed E-state index contributed by atoms with van der Waals surface area (Å²) in [7, 11) is 1.70. The molecule has 0 bridgehead atoms. The van der Waals surface area contributed by atoms with Gasteiger partial charge in [-0.2, -0.15) is 0 Å². The van der Waals surface area contributed by atoms with Gasteiger partial charge < -0.3 is 20.3 Å². The van der Waals surface area contributed by atoms with Crippen molar-refractivity contribution < 1.29 is 14.3 Å². The predicted octanol–water partition coefficient (Wildman–Crippen LogP) is 2.44. The molecule has 2 saturated heterocycles. The van der Waals surface area contributed by atoms with Crippen LogP contribution in [0.2, 0.25) is 0 Å². The van der Waals surface area contributed by atoms with Crippen LogP contribution in [0.1, 0.15) is 42.7 Å². The molecular formula is C28H33N5O3. The van der Waals surface area contributed by atoms with E-state index in [4.69, 9.17) is 9.73 Å². The van der Waals surface area contributed by atoms with E-state index >= 15 is 0 Å². The summed E-state index contributed by atoms with van der Waals surface area (Å²) in [6.45, 7) is 2.26. The van der Waals surface area contributed by atoms with Gasteiger partial charge in [0.05, 0.1) is 26.4 Å². The number of aryl methyl sites for hydroxylation is 1. The Labute approximate surface area is 211 Å². The van der Waals surface area contributed by atoms with Gasteiger partial charge in [0.2, 0.25) is 11.8 Å². The maximum Gasteiger partial charge on any atom is 0.247 e. The molecule has 0 aromatic heterocycles. The highest BCUT2D eigenvalue weighted by Crippen LogP contribution is 2.41. The molecule has 0 radical (unpaired) electrons. The number of likely N-dealkylation sites (tertiary alicyclic amines) is 1. The van der Waals surface area contributed by atoms with Gasteiger partial charge in [0.1, 0.15) is 17.1 Å². The molecule has 36 heavy (non-hydrogen) atoms. The fourth-order valence-electron chi connectivity index (χ4n) is 6.46. The summed E-state index contributed by atoms with van der Waals surface area (Å²) >= 11 is 0. The lowest BCUT2D eigenvalue weighted by Gasteiger charge is -2.43. The molecule has 2 aromatic carbocycles. The Morgan fingerprint density at radius 2 is 2.00 bits per heavy atom. The van der Waals surface area contributed by atoms with Crippen LogP contribution >= 0.6 is 0 Å². The van der Waals surface area contributed by atoms with E-state index in [0.717, 1.165) is 36.5 Å². The number of hydrogen-bond donors (Lipinski definition) is 2. The lowest BCUT2D eigenvalue weighted by Crippen LogP contribution is -2.57. The monoisotopic (exact) mass is 487 g/mol. The number of fused-ring (bicyclic) bond motifs is 3. The first kappa shape index (κ1) is 23.0. The minimum atomic E-state index is -0.532. The number of nitrogens with zero attached hydrogens (tertiary/aromatic N) is 3. The third-order valence-corrected chi connectivity index (χ3v) is 8.40. The number of anilines is 1. The predicted molar refractivity (Wildman–Crippen MR) is 138 cm³/mol. The number of amides is 2. The number of carbonyl (C=O) groups is 2. The number of piperidine rings is 1. The van der Waals surface area contributed by atoms with Crippen LogP contribution in [0.5, 0.6) is 5.75 Å². The number of hydrogen-bond acceptors (Lipinski definition) is 6. The summed E-state index contributed by atoms with van der Waals surface area (Å²) in [5.41, 5.74) is 3.19. The van der Waals surface area contributed by atoms with Gasteiger partial charge in [0.25, 0.3) is 0 Å². The number of nitrogens with one attached hydrogen (secondary N) is 2. The summed E-state index contributed by atoms with van der Waals surface area (Å²) < 4.78 is 5.39.